The summed E-state index contributed by atoms with van der Waals surface area (Å²) in [6, 6.07) is 0. The van der Waals surface area contributed by atoms with Crippen LogP contribution in [0.2, 0.25) is 0 Å². The van der Waals surface area contributed by atoms with Crippen molar-refractivity contribution in [3.8, 4) is 12.3 Å². The monoisotopic (exact) mass is 130 g/mol. The number of allylic oxidation sites excluding steroid dienone is 5. The molecule has 0 saturated carbocycles. The fraction of sp³-hybridized carbons (Fsp3) is 0.200. The molecule has 0 aliphatic heterocycles. The van der Waals surface area contributed by atoms with Gasteiger partial charge in [-0.05, 0) is 0 Å². The molecule has 1 unspecified atom stereocenters. The van der Waals surface area contributed by atoms with Crippen molar-refractivity contribution < 1.29 is 0 Å². The van der Waals surface area contributed by atoms with Crippen LogP contribution in [0.4, 0.5) is 0 Å². The predicted octanol–water partition coefficient (Wildman–Crippen LogP) is 2.16. The molecular weight excluding hydrogens is 120 g/mol. The first-order valence-corrected chi connectivity index (χ1v) is 3.32. The molecule has 0 spiro atoms. The molecule has 0 heterocycles. The zero-order chi connectivity index (χ0) is 7.40. The van der Waals surface area contributed by atoms with Crippen LogP contribution in [0.25, 0.3) is 0 Å². The zero-order valence-corrected chi connectivity index (χ0v) is 5.83. The Morgan fingerprint density at radius 1 is 1.50 bits per heavy atom. The summed E-state index contributed by atoms with van der Waals surface area (Å²) >= 11 is 0. The standard InChI is InChI=1S/C10H10/c1-3-9(4-2)10-7-5-6-8-10/h1,4-10H,2H2. The van der Waals surface area contributed by atoms with Gasteiger partial charge in [0, 0.05) is 11.8 Å². The van der Waals surface area contributed by atoms with E-state index < -0.39 is 0 Å². The third kappa shape index (κ3) is 1.19. The molecule has 0 saturated heterocycles. The van der Waals surface area contributed by atoms with Crippen LogP contribution in [-0.4, -0.2) is 0 Å². The fourth-order valence-corrected chi connectivity index (χ4v) is 1.02. The molecule has 0 radical (unpaired) electrons. The van der Waals surface area contributed by atoms with Crippen molar-refractivity contribution in [2.24, 2.45) is 11.8 Å². The highest BCUT2D eigenvalue weighted by molar-refractivity contribution is 5.24. The Balaban J connectivity index is 2.64. The van der Waals surface area contributed by atoms with Crippen molar-refractivity contribution in [2.45, 2.75) is 0 Å². The van der Waals surface area contributed by atoms with Gasteiger partial charge in [0.1, 0.15) is 0 Å². The molecule has 0 fully saturated rings. The van der Waals surface area contributed by atoms with Crippen molar-refractivity contribution in [2.75, 3.05) is 0 Å². The molecule has 0 nitrogen and oxygen atoms in total. The minimum Gasteiger partial charge on any atom is -0.119 e. The van der Waals surface area contributed by atoms with Crippen LogP contribution < -0.4 is 0 Å². The van der Waals surface area contributed by atoms with E-state index in [1.54, 1.807) is 0 Å². The molecule has 1 aliphatic carbocycles. The number of hydrogen-bond acceptors (Lipinski definition) is 0. The Labute approximate surface area is 61.9 Å². The summed E-state index contributed by atoms with van der Waals surface area (Å²) in [5, 5.41) is 0. The Kier molecular flexibility index (Phi) is 2.12. The highest BCUT2D eigenvalue weighted by Gasteiger charge is 2.11. The molecule has 0 aromatic rings. The molecular formula is C10H10. The van der Waals surface area contributed by atoms with Gasteiger partial charge in [-0.3, -0.25) is 0 Å². The summed E-state index contributed by atoms with van der Waals surface area (Å²) < 4.78 is 0. The molecule has 1 atom stereocenters. The SMILES string of the molecule is C#CC(C=C)C1C=CC=C1. The Hall–Kier alpha value is -1.22. The second-order valence-corrected chi connectivity index (χ2v) is 2.28. The molecule has 50 valence electrons. The van der Waals surface area contributed by atoms with Crippen molar-refractivity contribution in [3.05, 3.63) is 37.0 Å². The van der Waals surface area contributed by atoms with Crippen LogP contribution in [-0.2, 0) is 0 Å². The molecule has 0 aromatic heterocycles. The first kappa shape index (κ1) is 6.89. The summed E-state index contributed by atoms with van der Waals surface area (Å²) in [5.41, 5.74) is 0. The number of rotatable bonds is 2. The van der Waals surface area contributed by atoms with Gasteiger partial charge in [-0.15, -0.1) is 13.0 Å². The lowest BCUT2D eigenvalue weighted by molar-refractivity contribution is 0.707. The molecule has 1 rings (SSSR count). The average molecular weight is 130 g/mol. The van der Waals surface area contributed by atoms with Gasteiger partial charge in [-0.25, -0.2) is 0 Å². The van der Waals surface area contributed by atoms with Gasteiger partial charge in [-0.2, -0.15) is 0 Å². The quantitative estimate of drug-likeness (QED) is 0.397. The van der Waals surface area contributed by atoms with E-state index in [2.05, 4.69) is 24.7 Å². The predicted molar refractivity (Wildman–Crippen MR) is 44.3 cm³/mol. The van der Waals surface area contributed by atoms with Gasteiger partial charge in [0.15, 0.2) is 0 Å². The van der Waals surface area contributed by atoms with Gasteiger partial charge in [0.2, 0.25) is 0 Å². The summed E-state index contributed by atoms with van der Waals surface area (Å²) in [6.45, 7) is 3.67. The van der Waals surface area contributed by atoms with Crippen LogP contribution in [0.5, 0.6) is 0 Å². The maximum absolute atomic E-state index is 5.27. The average Bonchev–Trinajstić information content (AvgIpc) is 2.43. The molecule has 0 amide bonds. The van der Waals surface area contributed by atoms with Crippen molar-refractivity contribution in [1.29, 1.82) is 0 Å². The molecule has 0 aromatic carbocycles. The van der Waals surface area contributed by atoms with E-state index in [0.717, 1.165) is 0 Å². The normalized spacial score (nSPS) is 18.7. The summed E-state index contributed by atoms with van der Waals surface area (Å²) in [4.78, 5) is 0. The van der Waals surface area contributed by atoms with Gasteiger partial charge in [-0.1, -0.05) is 36.3 Å². The topological polar surface area (TPSA) is 0 Å². The van der Waals surface area contributed by atoms with E-state index in [0.29, 0.717) is 5.92 Å². The van der Waals surface area contributed by atoms with Crippen LogP contribution in [0.3, 0.4) is 0 Å². The lowest BCUT2D eigenvalue weighted by Gasteiger charge is -2.08. The first-order valence-electron chi connectivity index (χ1n) is 3.32. The van der Waals surface area contributed by atoms with Crippen molar-refractivity contribution in [3.63, 3.8) is 0 Å². The summed E-state index contributed by atoms with van der Waals surface area (Å²) in [6.07, 6.45) is 15.3. The second kappa shape index (κ2) is 3.08. The van der Waals surface area contributed by atoms with E-state index in [1.165, 1.54) is 0 Å². The van der Waals surface area contributed by atoms with Crippen molar-refractivity contribution in [1.82, 2.24) is 0 Å². The molecule has 0 heteroatoms. The third-order valence-electron chi connectivity index (χ3n) is 1.64. The third-order valence-corrected chi connectivity index (χ3v) is 1.64. The summed E-state index contributed by atoms with van der Waals surface area (Å²) in [5.74, 6) is 3.21. The zero-order valence-electron chi connectivity index (χ0n) is 5.83. The minimum absolute atomic E-state index is 0.162. The van der Waals surface area contributed by atoms with E-state index >= 15 is 0 Å². The lowest BCUT2D eigenvalue weighted by Crippen LogP contribution is -2.02. The number of hydrogen-bond donors (Lipinski definition) is 0. The van der Waals surface area contributed by atoms with E-state index in [-0.39, 0.29) is 5.92 Å². The summed E-state index contributed by atoms with van der Waals surface area (Å²) in [7, 11) is 0. The first-order chi connectivity index (χ1) is 4.88. The highest BCUT2D eigenvalue weighted by Crippen LogP contribution is 2.19. The van der Waals surface area contributed by atoms with Gasteiger partial charge in [0.25, 0.3) is 0 Å². The fourth-order valence-electron chi connectivity index (χ4n) is 1.02. The van der Waals surface area contributed by atoms with E-state index in [1.807, 2.05) is 18.2 Å². The molecule has 10 heavy (non-hydrogen) atoms. The Morgan fingerprint density at radius 3 is 2.50 bits per heavy atom. The van der Waals surface area contributed by atoms with E-state index in [4.69, 9.17) is 6.42 Å². The minimum atomic E-state index is 0.162. The highest BCUT2D eigenvalue weighted by atomic mass is 14.1. The maximum Gasteiger partial charge on any atom is 0.0475 e. The van der Waals surface area contributed by atoms with Gasteiger partial charge >= 0.3 is 0 Å². The Bertz CT molecular complexity index is 201. The Morgan fingerprint density at radius 2 is 2.10 bits per heavy atom. The lowest BCUT2D eigenvalue weighted by atomic mass is 9.95. The largest absolute Gasteiger partial charge is 0.119 e. The maximum atomic E-state index is 5.27. The molecule has 0 N–H and O–H groups in total. The smallest absolute Gasteiger partial charge is 0.0475 e. The molecule has 0 bridgehead atoms. The number of terminal acetylenes is 1. The van der Waals surface area contributed by atoms with Crippen LogP contribution in [0, 0.1) is 24.2 Å². The van der Waals surface area contributed by atoms with Crippen LogP contribution in [0.1, 0.15) is 0 Å². The molecule has 1 aliphatic rings. The van der Waals surface area contributed by atoms with Crippen LogP contribution >= 0.6 is 0 Å². The van der Waals surface area contributed by atoms with Gasteiger partial charge < -0.3 is 0 Å². The van der Waals surface area contributed by atoms with Crippen LogP contribution in [0.15, 0.2) is 37.0 Å². The van der Waals surface area contributed by atoms with E-state index in [9.17, 15) is 0 Å². The van der Waals surface area contributed by atoms with Crippen molar-refractivity contribution >= 4 is 0 Å². The van der Waals surface area contributed by atoms with Gasteiger partial charge in [0.05, 0.1) is 0 Å². The second-order valence-electron chi connectivity index (χ2n) is 2.28.